The molecule has 0 saturated heterocycles. The van der Waals surface area contributed by atoms with E-state index in [2.05, 4.69) is 32.0 Å². The second kappa shape index (κ2) is 7.14. The Bertz CT molecular complexity index is 851. The largest absolute Gasteiger partial charge is 0.488 e. The zero-order chi connectivity index (χ0) is 16.9. The molecule has 3 aromatic carbocycles. The van der Waals surface area contributed by atoms with E-state index >= 15 is 0 Å². The third-order valence-corrected chi connectivity index (χ3v) is 4.07. The molecule has 0 N–H and O–H groups in total. The topological polar surface area (TPSA) is 26.3 Å². The van der Waals surface area contributed by atoms with Crippen molar-refractivity contribution in [3.05, 3.63) is 89.0 Å². The molecule has 0 unspecified atom stereocenters. The predicted octanol–water partition coefficient (Wildman–Crippen LogP) is 5.36. The van der Waals surface area contributed by atoms with Crippen LogP contribution in [0.1, 0.15) is 27.0 Å². The van der Waals surface area contributed by atoms with Crippen molar-refractivity contribution in [2.24, 2.45) is 0 Å². The molecule has 0 aliphatic rings. The van der Waals surface area contributed by atoms with Crippen LogP contribution in [0, 0.1) is 13.8 Å². The lowest BCUT2D eigenvalue weighted by atomic mass is 9.97. The first-order valence-electron chi connectivity index (χ1n) is 8.01. The fourth-order valence-corrected chi connectivity index (χ4v) is 2.81. The summed E-state index contributed by atoms with van der Waals surface area (Å²) in [5, 5.41) is 0. The molecule has 0 aliphatic heterocycles. The Morgan fingerprint density at radius 1 is 0.917 bits per heavy atom. The highest BCUT2D eigenvalue weighted by Crippen LogP contribution is 2.29. The summed E-state index contributed by atoms with van der Waals surface area (Å²) in [6.07, 6.45) is 0.855. The van der Waals surface area contributed by atoms with Crippen LogP contribution in [0.4, 0.5) is 0 Å². The van der Waals surface area contributed by atoms with Crippen molar-refractivity contribution < 1.29 is 9.53 Å². The highest BCUT2D eigenvalue weighted by atomic mass is 16.5. The molecule has 0 spiro atoms. The number of carbonyl (C=O) groups excluding carboxylic acids is 1. The van der Waals surface area contributed by atoms with E-state index in [4.69, 9.17) is 4.74 Å². The maximum absolute atomic E-state index is 11.5. The van der Waals surface area contributed by atoms with E-state index in [-0.39, 0.29) is 0 Å². The van der Waals surface area contributed by atoms with E-state index in [1.165, 1.54) is 11.1 Å². The summed E-state index contributed by atoms with van der Waals surface area (Å²) in [5.74, 6) is 0.613. The summed E-state index contributed by atoms with van der Waals surface area (Å²) in [4.78, 5) is 11.5. The molecule has 0 heterocycles. The van der Waals surface area contributed by atoms with E-state index in [0.29, 0.717) is 17.9 Å². The van der Waals surface area contributed by atoms with Crippen molar-refractivity contribution in [2.75, 3.05) is 0 Å². The number of aryl methyl sites for hydroxylation is 2. The van der Waals surface area contributed by atoms with Crippen LogP contribution in [-0.4, -0.2) is 6.29 Å². The number of hydrogen-bond donors (Lipinski definition) is 0. The van der Waals surface area contributed by atoms with Crippen LogP contribution in [-0.2, 0) is 6.61 Å². The van der Waals surface area contributed by atoms with Crippen molar-refractivity contribution in [3.63, 3.8) is 0 Å². The number of carbonyl (C=O) groups is 1. The molecule has 2 heteroatoms. The van der Waals surface area contributed by atoms with Gasteiger partial charge in [-0.1, -0.05) is 60.2 Å². The lowest BCUT2D eigenvalue weighted by molar-refractivity contribution is 0.111. The second-order valence-corrected chi connectivity index (χ2v) is 5.96. The van der Waals surface area contributed by atoms with Gasteiger partial charge in [-0.3, -0.25) is 4.79 Å². The molecule has 0 fully saturated rings. The van der Waals surface area contributed by atoms with E-state index in [1.54, 1.807) is 0 Å². The first kappa shape index (κ1) is 16.0. The van der Waals surface area contributed by atoms with Gasteiger partial charge in [0.25, 0.3) is 0 Å². The third kappa shape index (κ3) is 3.54. The summed E-state index contributed by atoms with van der Waals surface area (Å²) in [7, 11) is 0. The first-order chi connectivity index (χ1) is 11.7. The molecular weight excluding hydrogens is 296 g/mol. The maximum atomic E-state index is 11.5. The number of hydrogen-bond acceptors (Lipinski definition) is 2. The van der Waals surface area contributed by atoms with Gasteiger partial charge in [0, 0.05) is 0 Å². The molecular formula is C22H20O2. The van der Waals surface area contributed by atoms with Crippen molar-refractivity contribution >= 4 is 6.29 Å². The van der Waals surface area contributed by atoms with Crippen LogP contribution in [0.25, 0.3) is 11.1 Å². The molecule has 0 atom stereocenters. The molecule has 0 saturated carbocycles. The molecule has 120 valence electrons. The van der Waals surface area contributed by atoms with Gasteiger partial charge in [-0.05, 0) is 48.2 Å². The zero-order valence-corrected chi connectivity index (χ0v) is 14.0. The summed E-state index contributed by atoms with van der Waals surface area (Å²) in [6, 6.07) is 22.0. The monoisotopic (exact) mass is 316 g/mol. The Morgan fingerprint density at radius 3 is 2.42 bits per heavy atom. The van der Waals surface area contributed by atoms with Crippen molar-refractivity contribution in [1.29, 1.82) is 0 Å². The maximum Gasteiger partial charge on any atom is 0.153 e. The molecule has 3 rings (SSSR count). The lowest BCUT2D eigenvalue weighted by Gasteiger charge is -2.12. The minimum atomic E-state index is 0.449. The minimum absolute atomic E-state index is 0.449. The molecule has 0 bridgehead atoms. The van der Waals surface area contributed by atoms with Crippen LogP contribution in [0.2, 0.25) is 0 Å². The molecule has 24 heavy (non-hydrogen) atoms. The molecule has 0 aromatic heterocycles. The number of rotatable bonds is 5. The van der Waals surface area contributed by atoms with E-state index in [9.17, 15) is 4.79 Å². The first-order valence-corrected chi connectivity index (χ1v) is 8.01. The van der Waals surface area contributed by atoms with E-state index in [0.717, 1.165) is 23.0 Å². The van der Waals surface area contributed by atoms with Gasteiger partial charge in [-0.25, -0.2) is 0 Å². The van der Waals surface area contributed by atoms with E-state index in [1.807, 2.05) is 48.5 Å². The van der Waals surface area contributed by atoms with Crippen LogP contribution in [0.15, 0.2) is 66.7 Å². The van der Waals surface area contributed by atoms with Crippen molar-refractivity contribution in [2.45, 2.75) is 20.5 Å². The summed E-state index contributed by atoms with van der Waals surface area (Å²) in [6.45, 7) is 4.61. The smallest absolute Gasteiger partial charge is 0.153 e. The van der Waals surface area contributed by atoms with Gasteiger partial charge < -0.3 is 4.74 Å². The quantitative estimate of drug-likeness (QED) is 0.592. The van der Waals surface area contributed by atoms with Crippen molar-refractivity contribution in [3.8, 4) is 16.9 Å². The van der Waals surface area contributed by atoms with Gasteiger partial charge in [0.05, 0.1) is 5.56 Å². The molecule has 0 amide bonds. The van der Waals surface area contributed by atoms with Crippen LogP contribution in [0.5, 0.6) is 5.75 Å². The predicted molar refractivity (Wildman–Crippen MR) is 97.5 cm³/mol. The minimum Gasteiger partial charge on any atom is -0.488 e. The fourth-order valence-electron chi connectivity index (χ4n) is 2.81. The van der Waals surface area contributed by atoms with Gasteiger partial charge >= 0.3 is 0 Å². The van der Waals surface area contributed by atoms with Gasteiger partial charge in [-0.15, -0.1) is 0 Å². The molecule has 0 aliphatic carbocycles. The average molecular weight is 316 g/mol. The highest BCUT2D eigenvalue weighted by Gasteiger charge is 2.08. The number of aldehydes is 1. The standard InChI is InChI=1S/C22H20O2/c1-16-8-10-21(17(2)12-16)19-9-11-22(20(13-19)14-23)24-15-18-6-4-3-5-7-18/h3-14H,15H2,1-2H3. The van der Waals surface area contributed by atoms with Crippen LogP contribution in [0.3, 0.4) is 0 Å². The summed E-state index contributed by atoms with van der Waals surface area (Å²) >= 11 is 0. The van der Waals surface area contributed by atoms with Crippen molar-refractivity contribution in [1.82, 2.24) is 0 Å². The van der Waals surface area contributed by atoms with Gasteiger partial charge in [-0.2, -0.15) is 0 Å². The molecule has 3 aromatic rings. The van der Waals surface area contributed by atoms with Gasteiger partial charge in [0.2, 0.25) is 0 Å². The van der Waals surface area contributed by atoms with Crippen LogP contribution >= 0.6 is 0 Å². The fraction of sp³-hybridized carbons (Fsp3) is 0.136. The zero-order valence-electron chi connectivity index (χ0n) is 14.0. The van der Waals surface area contributed by atoms with Gasteiger partial charge in [0.1, 0.15) is 12.4 Å². The average Bonchev–Trinajstić information content (AvgIpc) is 2.61. The Morgan fingerprint density at radius 2 is 1.71 bits per heavy atom. The Kier molecular flexibility index (Phi) is 4.76. The highest BCUT2D eigenvalue weighted by molar-refractivity contribution is 5.83. The SMILES string of the molecule is Cc1ccc(-c2ccc(OCc3ccccc3)c(C=O)c2)c(C)c1. The molecule has 2 nitrogen and oxygen atoms in total. The Balaban J connectivity index is 1.86. The number of benzene rings is 3. The summed E-state index contributed by atoms with van der Waals surface area (Å²) in [5.41, 5.74) is 6.25. The Labute approximate surface area is 142 Å². The summed E-state index contributed by atoms with van der Waals surface area (Å²) < 4.78 is 5.82. The van der Waals surface area contributed by atoms with Crippen LogP contribution < -0.4 is 4.74 Å². The molecule has 0 radical (unpaired) electrons. The normalized spacial score (nSPS) is 10.4. The second-order valence-electron chi connectivity index (χ2n) is 5.96. The lowest BCUT2D eigenvalue weighted by Crippen LogP contribution is -1.98. The third-order valence-electron chi connectivity index (χ3n) is 4.07. The Hall–Kier alpha value is -2.87. The van der Waals surface area contributed by atoms with Gasteiger partial charge in [0.15, 0.2) is 6.29 Å². The van der Waals surface area contributed by atoms with E-state index < -0.39 is 0 Å². The number of ether oxygens (including phenoxy) is 1.